The lowest BCUT2D eigenvalue weighted by Gasteiger charge is -2.46. The molecule has 6 aromatic heterocycles. The summed E-state index contributed by atoms with van der Waals surface area (Å²) in [7, 11) is 6.06. The van der Waals surface area contributed by atoms with Gasteiger partial charge in [-0.05, 0) is 120 Å². The molecule has 0 aliphatic carbocycles. The highest BCUT2D eigenvalue weighted by molar-refractivity contribution is 7.17. The second-order valence-electron chi connectivity index (χ2n) is 22.2. The summed E-state index contributed by atoms with van der Waals surface area (Å²) in [5, 5.41) is 20.5. The fraction of sp³-hybridized carbons (Fsp3) is 0.589. The lowest BCUT2D eigenvalue weighted by molar-refractivity contribution is -0.0959. The lowest BCUT2D eigenvalue weighted by atomic mass is 9.78. The number of thiophene rings is 3. The van der Waals surface area contributed by atoms with Crippen LogP contribution in [0.4, 0.5) is 11.9 Å². The highest BCUT2D eigenvalue weighted by Gasteiger charge is 2.48. The molecule has 12 rings (SSSR count). The molecule has 4 saturated heterocycles. The summed E-state index contributed by atoms with van der Waals surface area (Å²) in [6, 6.07) is 9.98. The van der Waals surface area contributed by atoms with Gasteiger partial charge < -0.3 is 50.2 Å². The van der Waals surface area contributed by atoms with Crippen molar-refractivity contribution in [2.24, 2.45) is 0 Å². The third kappa shape index (κ3) is 13.1. The molecule has 6 aliphatic heterocycles. The molecular weight excluding hydrogens is 1090 g/mol. The van der Waals surface area contributed by atoms with E-state index in [4.69, 9.17) is 59.2 Å². The minimum Gasteiger partial charge on any atom is -0.396 e. The van der Waals surface area contributed by atoms with E-state index >= 15 is 0 Å². The van der Waals surface area contributed by atoms with Crippen molar-refractivity contribution >= 4 is 80.7 Å². The number of aliphatic hydroxyl groups is 1. The molecule has 2 spiro atoms. The number of nitrogens with one attached hydrogen (secondary N) is 4. The van der Waals surface area contributed by atoms with Crippen molar-refractivity contribution in [3.63, 3.8) is 0 Å². The Balaban J connectivity index is 0.000000132. The van der Waals surface area contributed by atoms with Crippen LogP contribution in [0.3, 0.4) is 0 Å². The van der Waals surface area contributed by atoms with Gasteiger partial charge in [-0.3, -0.25) is 0 Å². The summed E-state index contributed by atoms with van der Waals surface area (Å²) in [5.41, 5.74) is 6.78. The van der Waals surface area contributed by atoms with Crippen molar-refractivity contribution in [1.29, 1.82) is 0 Å². The van der Waals surface area contributed by atoms with Gasteiger partial charge in [0.2, 0.25) is 11.9 Å². The minimum atomic E-state index is -0.253. The normalized spacial score (nSPS) is 28.3. The number of fused-ring (bicyclic) bond motifs is 4. The number of aromatic nitrogens is 6. The Labute approximate surface area is 481 Å². The van der Waals surface area contributed by atoms with Crippen molar-refractivity contribution in [1.82, 2.24) is 50.8 Å². The number of aromatic amines is 1. The van der Waals surface area contributed by atoms with Crippen LogP contribution < -0.4 is 25.8 Å². The molecule has 5 N–H and O–H groups in total. The van der Waals surface area contributed by atoms with Crippen molar-refractivity contribution in [3.05, 3.63) is 116 Å². The molecule has 0 bridgehead atoms. The number of hydrogen-bond donors (Lipinski definition) is 5. The predicted octanol–water partition coefficient (Wildman–Crippen LogP) is 10.6. The van der Waals surface area contributed by atoms with E-state index in [0.29, 0.717) is 30.5 Å². The number of anilines is 2. The van der Waals surface area contributed by atoms with E-state index in [0.717, 1.165) is 145 Å². The molecule has 9 unspecified atom stereocenters. The zero-order valence-corrected chi connectivity index (χ0v) is 50.1. The highest BCUT2D eigenvalue weighted by Crippen LogP contribution is 2.52. The number of imidazole rings is 1. The fourth-order valence-electron chi connectivity index (χ4n) is 12.5. The third-order valence-electron chi connectivity index (χ3n) is 16.0. The first-order valence-corrected chi connectivity index (χ1v) is 31.0. The van der Waals surface area contributed by atoms with E-state index in [1.54, 1.807) is 34.0 Å². The highest BCUT2D eigenvalue weighted by atomic mass is 35.5. The van der Waals surface area contributed by atoms with Crippen LogP contribution in [0.1, 0.15) is 144 Å². The molecule has 9 atom stereocenters. The van der Waals surface area contributed by atoms with Gasteiger partial charge in [0.15, 0.2) is 0 Å². The Morgan fingerprint density at radius 1 is 0.740 bits per heavy atom. The number of halogens is 3. The number of nitrogens with zero attached hydrogens (tertiary/aromatic N) is 8. The van der Waals surface area contributed by atoms with Gasteiger partial charge in [-0.2, -0.15) is 0 Å². The summed E-state index contributed by atoms with van der Waals surface area (Å²) in [4.78, 5) is 36.9. The second-order valence-corrected chi connectivity index (χ2v) is 27.3. The van der Waals surface area contributed by atoms with E-state index in [1.165, 1.54) is 31.3 Å². The van der Waals surface area contributed by atoms with Crippen LogP contribution in [-0.2, 0) is 46.4 Å². The van der Waals surface area contributed by atoms with Crippen LogP contribution in [0.5, 0.6) is 0 Å². The summed E-state index contributed by atoms with van der Waals surface area (Å²) in [5.74, 6) is 3.03. The maximum Gasteiger partial charge on any atom is 0.225 e. The molecule has 0 amide bonds. The number of hydrogen-bond acceptors (Lipinski definition) is 17. The molecule has 416 valence electrons. The molecular formula is C56H75Cl3N12O3S3. The van der Waals surface area contributed by atoms with Crippen molar-refractivity contribution in [2.75, 3.05) is 76.9 Å². The average Bonchev–Trinajstić information content (AvgIpc) is 4.29. The molecule has 15 nitrogen and oxygen atoms in total. The minimum absolute atomic E-state index is 0.155. The number of rotatable bonds is 9. The van der Waals surface area contributed by atoms with Gasteiger partial charge in [0.05, 0.1) is 49.7 Å². The van der Waals surface area contributed by atoms with Gasteiger partial charge in [-0.15, -0.1) is 34.0 Å². The maximum atomic E-state index is 9.34. The average molecular weight is 1170 g/mol. The van der Waals surface area contributed by atoms with Crippen LogP contribution in [0, 0.1) is 0 Å². The second kappa shape index (κ2) is 24.8. The number of aryl methyl sites for hydroxylation is 1. The predicted molar refractivity (Wildman–Crippen MR) is 314 cm³/mol. The van der Waals surface area contributed by atoms with Crippen molar-refractivity contribution in [3.8, 4) is 0 Å². The maximum absolute atomic E-state index is 9.34. The van der Waals surface area contributed by atoms with E-state index in [1.807, 2.05) is 55.9 Å². The molecule has 6 aliphatic rings. The summed E-state index contributed by atoms with van der Waals surface area (Å²) in [6.07, 6.45) is 17.1. The van der Waals surface area contributed by atoms with Crippen LogP contribution >= 0.6 is 68.8 Å². The van der Waals surface area contributed by atoms with E-state index in [-0.39, 0.29) is 35.9 Å². The monoisotopic (exact) mass is 1160 g/mol. The lowest BCUT2D eigenvalue weighted by Crippen LogP contribution is -2.49. The van der Waals surface area contributed by atoms with Crippen molar-refractivity contribution in [2.45, 2.75) is 145 Å². The van der Waals surface area contributed by atoms with Gasteiger partial charge in [-0.1, -0.05) is 41.7 Å². The standard InChI is InChI=1S/C21H28ClN5OS.C18H25ClN4OS.C17H22ClN3OS/c1-14-10-21(19-15(3-8-28-21)9-18(22)29-19)11-17(25-14)16-12-23-20(24-13-16)27-6-4-26(2)5-7-27;1-11-8-13(17-12(5-7-24)10-16(19)25-17)9-15(21-11)14-4-6-20-18(22-14)23(2)3;1-3-15-19-9-13(21-15)12-8-17(7-10(2)20-12)16-11(4-5-22-17)6-14(18)23-16/h9,12-14,17,25H,3-8,10-11H2,1-2H3;4,6,10-11,13,15,21,24H,5,7-9H2,1-3H3;6,9-10,12,20H,3-5,7-8H2,1-2H3,(H,19,21). The number of piperazine rings is 1. The SMILES string of the molecule is CC1CC(c2sc(Cl)cc2CCO)CC(c2ccnc(N(C)C)n2)N1.CC1CC2(CC(c3cnc(N4CCN(C)CC4)nc3)N1)OCCc1cc(Cl)sc12.CCc1ncc(C2CC3(CC(C)N2)OCCc2cc(Cl)sc23)[nH]1. The topological polar surface area (TPSA) is 165 Å². The number of H-pyrrole nitrogens is 1. The zero-order chi connectivity index (χ0) is 54.0. The van der Waals surface area contributed by atoms with Crippen LogP contribution in [-0.4, -0.2) is 125 Å². The Morgan fingerprint density at radius 2 is 1.35 bits per heavy atom. The molecule has 0 aromatic carbocycles. The molecule has 0 saturated carbocycles. The summed E-state index contributed by atoms with van der Waals surface area (Å²) in [6.45, 7) is 14.6. The smallest absolute Gasteiger partial charge is 0.225 e. The number of likely N-dealkylation sites (N-methyl/N-ethyl adjacent to an activating group) is 1. The van der Waals surface area contributed by atoms with Crippen LogP contribution in [0.2, 0.25) is 13.0 Å². The van der Waals surface area contributed by atoms with Crippen LogP contribution in [0.25, 0.3) is 0 Å². The van der Waals surface area contributed by atoms with E-state index < -0.39 is 0 Å². The van der Waals surface area contributed by atoms with E-state index in [9.17, 15) is 5.11 Å². The Bertz CT molecular complexity index is 2910. The Kier molecular flexibility index (Phi) is 18.3. The quantitative estimate of drug-likeness (QED) is 0.0929. The van der Waals surface area contributed by atoms with Gasteiger partial charge >= 0.3 is 0 Å². The van der Waals surface area contributed by atoms with Gasteiger partial charge in [0.25, 0.3) is 0 Å². The van der Waals surface area contributed by atoms with Gasteiger partial charge in [0.1, 0.15) is 17.0 Å². The summed E-state index contributed by atoms with van der Waals surface area (Å²) < 4.78 is 15.4. The van der Waals surface area contributed by atoms with Crippen LogP contribution in [0.15, 0.2) is 49.1 Å². The molecule has 0 radical (unpaired) electrons. The number of ether oxygens (including phenoxy) is 2. The zero-order valence-electron chi connectivity index (χ0n) is 45.4. The summed E-state index contributed by atoms with van der Waals surface area (Å²) >= 11 is 24.0. The third-order valence-corrected chi connectivity index (χ3v) is 20.5. The molecule has 21 heteroatoms. The number of aliphatic hydroxyl groups excluding tert-OH is 1. The first kappa shape index (κ1) is 56.9. The fourth-order valence-corrected chi connectivity index (χ4v) is 16.9. The molecule has 12 heterocycles. The van der Waals surface area contributed by atoms with E-state index in [2.05, 4.69) is 87.6 Å². The molecule has 4 fully saturated rings. The van der Waals surface area contributed by atoms with Gasteiger partial charge in [-0.25, -0.2) is 24.9 Å². The molecule has 77 heavy (non-hydrogen) atoms. The molecule has 6 aromatic rings. The largest absolute Gasteiger partial charge is 0.396 e. The number of piperidine rings is 3. The van der Waals surface area contributed by atoms with Gasteiger partial charge in [0, 0.05) is 135 Å². The first-order chi connectivity index (χ1) is 37.1. The van der Waals surface area contributed by atoms with Crippen molar-refractivity contribution < 1.29 is 14.6 Å². The Hall–Kier alpha value is -3.34. The first-order valence-electron chi connectivity index (χ1n) is 27.4. The Morgan fingerprint density at radius 3 is 1.96 bits per heavy atom.